The summed E-state index contributed by atoms with van der Waals surface area (Å²) in [7, 11) is 0. The Kier molecular flexibility index (Phi) is 7.97. The molecule has 0 atom stereocenters. The van der Waals surface area contributed by atoms with Crippen LogP contribution in [0.2, 0.25) is 0 Å². The molecule has 8 heteroatoms. The molecule has 1 N–H and O–H groups in total. The van der Waals surface area contributed by atoms with Gasteiger partial charge in [-0.05, 0) is 81.3 Å². The van der Waals surface area contributed by atoms with Gasteiger partial charge < -0.3 is 19.5 Å². The van der Waals surface area contributed by atoms with Crippen LogP contribution in [0, 0.1) is 12.7 Å². The molecular formula is C35H38FN3O4. The van der Waals surface area contributed by atoms with Crippen LogP contribution in [0.3, 0.4) is 0 Å². The number of carboxylic acid groups (broad SMARTS) is 1. The molecule has 1 fully saturated rings. The van der Waals surface area contributed by atoms with E-state index in [0.717, 1.165) is 90.2 Å². The average molecular weight is 584 g/mol. The fourth-order valence-electron chi connectivity index (χ4n) is 6.38. The van der Waals surface area contributed by atoms with Gasteiger partial charge >= 0.3 is 5.97 Å². The first-order valence-corrected chi connectivity index (χ1v) is 15.1. The van der Waals surface area contributed by atoms with E-state index in [1.807, 2.05) is 41.8 Å². The minimum Gasteiger partial charge on any atom is -0.493 e. The van der Waals surface area contributed by atoms with Crippen LogP contribution in [0.1, 0.15) is 55.7 Å². The van der Waals surface area contributed by atoms with Crippen molar-refractivity contribution in [3.05, 3.63) is 77.7 Å². The van der Waals surface area contributed by atoms with Crippen molar-refractivity contribution in [2.75, 3.05) is 31.2 Å². The molecule has 5 heterocycles. The number of fused-ring (bicyclic) bond motifs is 8. The Labute approximate surface area is 251 Å². The summed E-state index contributed by atoms with van der Waals surface area (Å²) in [5.74, 6) is 0.285. The largest absolute Gasteiger partial charge is 0.493 e. The Hall–Kier alpha value is -4.17. The number of aliphatic carboxylic acids is 1. The van der Waals surface area contributed by atoms with Crippen LogP contribution in [0.5, 0.6) is 5.75 Å². The van der Waals surface area contributed by atoms with Gasteiger partial charge in [0.1, 0.15) is 23.0 Å². The number of halogens is 1. The normalized spacial score (nSPS) is 17.0. The van der Waals surface area contributed by atoms with Crippen molar-refractivity contribution in [2.45, 2.75) is 58.0 Å². The Morgan fingerprint density at radius 1 is 1.12 bits per heavy atom. The summed E-state index contributed by atoms with van der Waals surface area (Å²) < 4.78 is 29.1. The van der Waals surface area contributed by atoms with Crippen molar-refractivity contribution in [1.29, 1.82) is 0 Å². The van der Waals surface area contributed by atoms with Crippen molar-refractivity contribution < 1.29 is 23.8 Å². The van der Waals surface area contributed by atoms with Crippen molar-refractivity contribution in [3.8, 4) is 28.1 Å². The predicted molar refractivity (Wildman–Crippen MR) is 167 cm³/mol. The summed E-state index contributed by atoms with van der Waals surface area (Å²) in [6.45, 7) is 10.9. The zero-order valence-corrected chi connectivity index (χ0v) is 24.9. The highest BCUT2D eigenvalue weighted by Crippen LogP contribution is 2.38. The lowest BCUT2D eigenvalue weighted by molar-refractivity contribution is -0.136. The van der Waals surface area contributed by atoms with E-state index in [9.17, 15) is 14.3 Å². The highest BCUT2D eigenvalue weighted by molar-refractivity contribution is 5.82. The number of carboxylic acids is 1. The van der Waals surface area contributed by atoms with Crippen molar-refractivity contribution >= 4 is 23.5 Å². The second-order valence-electron chi connectivity index (χ2n) is 11.9. The lowest BCUT2D eigenvalue weighted by Gasteiger charge is -2.41. The minimum absolute atomic E-state index is 0.104. The molecule has 2 aromatic carbocycles. The van der Waals surface area contributed by atoms with E-state index >= 15 is 0 Å². The maximum absolute atomic E-state index is 14.5. The molecule has 0 spiro atoms. The van der Waals surface area contributed by atoms with E-state index in [1.54, 1.807) is 12.1 Å². The highest BCUT2D eigenvalue weighted by Gasteiger charge is 2.33. The summed E-state index contributed by atoms with van der Waals surface area (Å²) in [6, 6.07) is 12.5. The van der Waals surface area contributed by atoms with Crippen LogP contribution >= 0.6 is 0 Å². The van der Waals surface area contributed by atoms with Gasteiger partial charge in [0.05, 0.1) is 24.3 Å². The maximum atomic E-state index is 14.5. The first kappa shape index (κ1) is 28.9. The molecule has 1 saturated heterocycles. The number of benzene rings is 2. The molecule has 0 saturated carbocycles. The molecule has 4 aromatic rings. The SMILES string of the molecule is C=Cc1c(C)c(CC(=O)O)c2n3cc(nc13)-c1cccc(c1)-c1cc(F)ccc1OCCCCCOC1(C)CCN2CC1. The Bertz CT molecular complexity index is 1690. The molecule has 224 valence electrons. The minimum atomic E-state index is -0.883. The number of carbonyl (C=O) groups is 1. The van der Waals surface area contributed by atoms with Gasteiger partial charge in [-0.3, -0.25) is 9.20 Å². The predicted octanol–water partition coefficient (Wildman–Crippen LogP) is 7.32. The van der Waals surface area contributed by atoms with Crippen LogP contribution in [0.4, 0.5) is 10.2 Å². The fraction of sp³-hybridized carbons (Fsp3) is 0.371. The topological polar surface area (TPSA) is 76.3 Å². The van der Waals surface area contributed by atoms with Crippen molar-refractivity contribution in [2.24, 2.45) is 0 Å². The van der Waals surface area contributed by atoms with Gasteiger partial charge in [-0.2, -0.15) is 0 Å². The van der Waals surface area contributed by atoms with Crippen LogP contribution in [-0.4, -0.2) is 52.4 Å². The van der Waals surface area contributed by atoms with Crippen LogP contribution in [0.25, 0.3) is 34.1 Å². The lowest BCUT2D eigenvalue weighted by atomic mass is 9.92. The third kappa shape index (κ3) is 5.76. The standard InChI is InChI=1S/C35H38FN3O4/c1-4-27-23(2)28(21-32(40)41)34-38-15-13-35(3,14-16-38)43-18-7-5-6-17-42-31-12-11-26(36)20-29(31)24-9-8-10-25(19-24)30-22-39(34)33(27)37-30/h4,8-12,19-20,22H,1,5-7,13-18,21H2,2-3H3,(H,40,41). The zero-order chi connectivity index (χ0) is 30.1. The number of hydrogen-bond acceptors (Lipinski definition) is 5. The summed E-state index contributed by atoms with van der Waals surface area (Å²) in [5.41, 5.74) is 6.05. The summed E-state index contributed by atoms with van der Waals surface area (Å²) >= 11 is 0. The van der Waals surface area contributed by atoms with Gasteiger partial charge in [0, 0.05) is 48.1 Å². The van der Waals surface area contributed by atoms with Gasteiger partial charge in [0.2, 0.25) is 0 Å². The number of ether oxygens (including phenoxy) is 2. The van der Waals surface area contributed by atoms with E-state index in [1.165, 1.54) is 12.1 Å². The van der Waals surface area contributed by atoms with E-state index < -0.39 is 5.97 Å². The molecule has 0 unspecified atom stereocenters. The molecule has 0 aliphatic carbocycles. The number of aromatic nitrogens is 2. The molecule has 7 rings (SSSR count). The van der Waals surface area contributed by atoms with Crippen LogP contribution in [0.15, 0.2) is 55.2 Å². The summed E-state index contributed by atoms with van der Waals surface area (Å²) in [4.78, 5) is 19.4. The van der Waals surface area contributed by atoms with E-state index in [0.29, 0.717) is 24.5 Å². The van der Waals surface area contributed by atoms with E-state index in [4.69, 9.17) is 14.5 Å². The van der Waals surface area contributed by atoms with Crippen LogP contribution in [-0.2, 0) is 16.0 Å². The Morgan fingerprint density at radius 2 is 1.88 bits per heavy atom. The smallest absolute Gasteiger partial charge is 0.307 e. The highest BCUT2D eigenvalue weighted by atomic mass is 19.1. The molecule has 0 radical (unpaired) electrons. The number of nitrogens with zero attached hydrogens (tertiary/aromatic N) is 3. The number of piperidine rings is 1. The number of imidazole rings is 1. The average Bonchev–Trinajstić information content (AvgIpc) is 3.43. The first-order chi connectivity index (χ1) is 20.8. The molecule has 0 amide bonds. The number of pyridine rings is 1. The van der Waals surface area contributed by atoms with Gasteiger partial charge in [-0.25, -0.2) is 9.37 Å². The monoisotopic (exact) mass is 583 g/mol. The molecule has 6 bridgehead atoms. The number of anilines is 1. The summed E-state index contributed by atoms with van der Waals surface area (Å²) in [6.07, 6.45) is 8.09. The van der Waals surface area contributed by atoms with Gasteiger partial charge in [-0.1, -0.05) is 30.9 Å². The van der Waals surface area contributed by atoms with Gasteiger partial charge in [0.25, 0.3) is 0 Å². The molecule has 43 heavy (non-hydrogen) atoms. The number of rotatable bonds is 3. The lowest BCUT2D eigenvalue weighted by Crippen LogP contribution is -2.45. The first-order valence-electron chi connectivity index (χ1n) is 15.1. The van der Waals surface area contributed by atoms with Crippen LogP contribution < -0.4 is 9.64 Å². The van der Waals surface area contributed by atoms with Crippen molar-refractivity contribution in [3.63, 3.8) is 0 Å². The Morgan fingerprint density at radius 3 is 2.65 bits per heavy atom. The second kappa shape index (κ2) is 11.8. The zero-order valence-electron chi connectivity index (χ0n) is 24.9. The molecule has 7 nitrogen and oxygen atoms in total. The van der Waals surface area contributed by atoms with Crippen molar-refractivity contribution in [1.82, 2.24) is 9.38 Å². The second-order valence-corrected chi connectivity index (χ2v) is 11.9. The maximum Gasteiger partial charge on any atom is 0.307 e. The molecule has 3 aliphatic rings. The van der Waals surface area contributed by atoms with Gasteiger partial charge in [0.15, 0.2) is 0 Å². The van der Waals surface area contributed by atoms with E-state index in [2.05, 4.69) is 18.4 Å². The molecule has 2 aromatic heterocycles. The quantitative estimate of drug-likeness (QED) is 0.272. The molecule has 3 aliphatic heterocycles. The fourth-order valence-corrected chi connectivity index (χ4v) is 6.38. The van der Waals surface area contributed by atoms with Gasteiger partial charge in [-0.15, -0.1) is 0 Å². The number of hydrogen-bond donors (Lipinski definition) is 1. The Balaban J connectivity index is 1.54. The third-order valence-electron chi connectivity index (χ3n) is 8.86. The van der Waals surface area contributed by atoms with E-state index in [-0.39, 0.29) is 17.8 Å². The molecular weight excluding hydrogens is 545 g/mol. The third-order valence-corrected chi connectivity index (χ3v) is 8.86. The summed E-state index contributed by atoms with van der Waals surface area (Å²) in [5, 5.41) is 9.92.